The molecule has 0 unspecified atom stereocenters. The topological polar surface area (TPSA) is 63.2 Å². The maximum atomic E-state index is 12.6. The fourth-order valence-corrected chi connectivity index (χ4v) is 3.25. The van der Waals surface area contributed by atoms with E-state index in [1.807, 2.05) is 30.3 Å². The van der Waals surface area contributed by atoms with Gasteiger partial charge in [0.15, 0.2) is 0 Å². The van der Waals surface area contributed by atoms with E-state index in [9.17, 15) is 4.79 Å². The lowest BCUT2D eigenvalue weighted by molar-refractivity contribution is 0.0950. The Morgan fingerprint density at radius 3 is 2.66 bits per heavy atom. The van der Waals surface area contributed by atoms with Gasteiger partial charge in [-0.1, -0.05) is 50.2 Å². The minimum atomic E-state index is -0.180. The highest BCUT2D eigenvalue weighted by Gasteiger charge is 2.12. The van der Waals surface area contributed by atoms with E-state index in [1.165, 1.54) is 5.56 Å². The van der Waals surface area contributed by atoms with Gasteiger partial charge in [-0.15, -0.1) is 0 Å². The van der Waals surface area contributed by atoms with Crippen LogP contribution in [-0.4, -0.2) is 18.0 Å². The van der Waals surface area contributed by atoms with E-state index >= 15 is 0 Å². The van der Waals surface area contributed by atoms with Crippen LogP contribution in [0.3, 0.4) is 0 Å². The van der Waals surface area contributed by atoms with Crippen LogP contribution in [0.2, 0.25) is 0 Å². The van der Waals surface area contributed by atoms with Crippen molar-refractivity contribution in [3.8, 4) is 5.75 Å². The number of hydrogen-bond donors (Lipinski definition) is 2. The zero-order valence-corrected chi connectivity index (χ0v) is 17.3. The highest BCUT2D eigenvalue weighted by atomic mass is 16.5. The van der Waals surface area contributed by atoms with Crippen molar-refractivity contribution in [3.05, 3.63) is 83.2 Å². The number of nitrogens with zero attached hydrogens (tertiary/aromatic N) is 1. The number of aryl methyl sites for hydroxylation is 1. The molecule has 1 aromatic heterocycles. The Kier molecular flexibility index (Phi) is 6.50. The van der Waals surface area contributed by atoms with Gasteiger partial charge in [-0.3, -0.25) is 9.78 Å². The van der Waals surface area contributed by atoms with Gasteiger partial charge in [-0.25, -0.2) is 0 Å². The lowest BCUT2D eigenvalue weighted by atomic mass is 9.98. The number of carbonyl (C=O) groups is 1. The number of aromatic nitrogens is 1. The third kappa shape index (κ3) is 4.93. The normalized spacial score (nSPS) is 10.7. The van der Waals surface area contributed by atoms with Crippen LogP contribution in [-0.2, 0) is 6.54 Å². The van der Waals surface area contributed by atoms with Gasteiger partial charge in [0.05, 0.1) is 24.6 Å². The fourth-order valence-electron chi connectivity index (χ4n) is 3.25. The molecule has 0 radical (unpaired) electrons. The van der Waals surface area contributed by atoms with Crippen LogP contribution in [0.25, 0.3) is 0 Å². The summed E-state index contributed by atoms with van der Waals surface area (Å²) in [6, 6.07) is 15.7. The van der Waals surface area contributed by atoms with Crippen molar-refractivity contribution in [3.63, 3.8) is 0 Å². The van der Waals surface area contributed by atoms with Crippen molar-refractivity contribution in [2.24, 2.45) is 0 Å². The van der Waals surface area contributed by atoms with E-state index in [4.69, 9.17) is 4.74 Å². The molecule has 0 bridgehead atoms. The smallest absolute Gasteiger partial charge is 0.253 e. The first-order chi connectivity index (χ1) is 14.0. The van der Waals surface area contributed by atoms with Crippen molar-refractivity contribution in [2.75, 3.05) is 12.4 Å². The van der Waals surface area contributed by atoms with Crippen LogP contribution in [0.1, 0.15) is 46.8 Å². The van der Waals surface area contributed by atoms with E-state index in [0.717, 1.165) is 28.3 Å². The summed E-state index contributed by atoms with van der Waals surface area (Å²) < 4.78 is 5.34. The lowest BCUT2D eigenvalue weighted by Crippen LogP contribution is -2.23. The molecule has 0 fully saturated rings. The first-order valence-corrected chi connectivity index (χ1v) is 9.71. The van der Waals surface area contributed by atoms with Gasteiger partial charge in [0.2, 0.25) is 0 Å². The molecule has 0 saturated heterocycles. The minimum absolute atomic E-state index is 0.180. The molecule has 29 heavy (non-hydrogen) atoms. The number of para-hydroxylation sites is 2. The maximum absolute atomic E-state index is 12.6. The number of ether oxygens (including phenoxy) is 1. The Labute approximate surface area is 172 Å². The molecule has 1 heterocycles. The third-order valence-electron chi connectivity index (χ3n) is 4.83. The zero-order valence-electron chi connectivity index (χ0n) is 17.3. The Morgan fingerprint density at radius 2 is 1.90 bits per heavy atom. The first kappa shape index (κ1) is 20.4. The number of carbonyl (C=O) groups excluding carboxylic acids is 1. The minimum Gasteiger partial charge on any atom is -0.496 e. The summed E-state index contributed by atoms with van der Waals surface area (Å²) >= 11 is 0. The van der Waals surface area contributed by atoms with Crippen LogP contribution in [0.15, 0.2) is 60.9 Å². The zero-order chi connectivity index (χ0) is 20.8. The number of rotatable bonds is 7. The molecule has 0 aliphatic heterocycles. The van der Waals surface area contributed by atoms with Gasteiger partial charge < -0.3 is 15.4 Å². The Balaban J connectivity index is 1.75. The maximum Gasteiger partial charge on any atom is 0.253 e. The number of methoxy groups -OCH3 is 1. The van der Waals surface area contributed by atoms with Crippen molar-refractivity contribution < 1.29 is 9.53 Å². The van der Waals surface area contributed by atoms with Gasteiger partial charge in [-0.2, -0.15) is 0 Å². The molecule has 3 aromatic rings. The highest BCUT2D eigenvalue weighted by molar-refractivity contribution is 5.95. The number of nitrogens with one attached hydrogen (secondary N) is 2. The second-order valence-corrected chi connectivity index (χ2v) is 7.28. The fraction of sp³-hybridized carbons (Fsp3) is 0.250. The number of pyridine rings is 1. The molecule has 2 N–H and O–H groups in total. The molecule has 1 amide bonds. The summed E-state index contributed by atoms with van der Waals surface area (Å²) in [5.41, 5.74) is 5.66. The molecule has 0 aliphatic rings. The highest BCUT2D eigenvalue weighted by Crippen LogP contribution is 2.30. The van der Waals surface area contributed by atoms with Crippen molar-refractivity contribution in [1.29, 1.82) is 0 Å². The monoisotopic (exact) mass is 389 g/mol. The number of hydrogen-bond acceptors (Lipinski definition) is 4. The molecule has 2 aromatic carbocycles. The molecule has 3 rings (SSSR count). The number of benzene rings is 2. The van der Waals surface area contributed by atoms with E-state index in [1.54, 1.807) is 19.5 Å². The predicted molar refractivity (Wildman–Crippen MR) is 117 cm³/mol. The average Bonchev–Trinajstić information content (AvgIpc) is 2.73. The standard InChI is InChI=1S/C24H27N3O2/c1-16(2)21-10-7-8-17(3)23(21)27-20-12-19(13-25-15-20)24(28)26-14-18-9-5-6-11-22(18)29-4/h5-13,15-16,27H,14H2,1-4H3,(H,26,28). The van der Waals surface area contributed by atoms with Crippen molar-refractivity contribution in [1.82, 2.24) is 10.3 Å². The summed E-state index contributed by atoms with van der Waals surface area (Å²) in [6.07, 6.45) is 3.30. The summed E-state index contributed by atoms with van der Waals surface area (Å²) in [7, 11) is 1.62. The first-order valence-electron chi connectivity index (χ1n) is 9.71. The van der Waals surface area contributed by atoms with Crippen molar-refractivity contribution >= 4 is 17.3 Å². The summed E-state index contributed by atoms with van der Waals surface area (Å²) in [5.74, 6) is 0.959. The van der Waals surface area contributed by atoms with Gasteiger partial charge in [0.1, 0.15) is 5.75 Å². The summed E-state index contributed by atoms with van der Waals surface area (Å²) in [4.78, 5) is 16.9. The number of anilines is 2. The molecule has 0 atom stereocenters. The van der Waals surface area contributed by atoms with E-state index in [2.05, 4.69) is 54.6 Å². The second-order valence-electron chi connectivity index (χ2n) is 7.28. The quantitative estimate of drug-likeness (QED) is 0.583. The summed E-state index contributed by atoms with van der Waals surface area (Å²) in [5, 5.41) is 6.38. The van der Waals surface area contributed by atoms with Crippen LogP contribution < -0.4 is 15.4 Å². The van der Waals surface area contributed by atoms with Gasteiger partial charge in [0.25, 0.3) is 5.91 Å². The van der Waals surface area contributed by atoms with E-state index in [-0.39, 0.29) is 5.91 Å². The van der Waals surface area contributed by atoms with E-state index < -0.39 is 0 Å². The van der Waals surface area contributed by atoms with Gasteiger partial charge in [0, 0.05) is 24.0 Å². The predicted octanol–water partition coefficient (Wildman–Crippen LogP) is 5.20. The molecular weight excluding hydrogens is 362 g/mol. The second kappa shape index (κ2) is 9.24. The van der Waals surface area contributed by atoms with Gasteiger partial charge >= 0.3 is 0 Å². The molecule has 0 spiro atoms. The molecule has 150 valence electrons. The largest absolute Gasteiger partial charge is 0.496 e. The lowest BCUT2D eigenvalue weighted by Gasteiger charge is -2.17. The van der Waals surface area contributed by atoms with Crippen LogP contribution >= 0.6 is 0 Å². The average molecular weight is 389 g/mol. The summed E-state index contributed by atoms with van der Waals surface area (Å²) in [6.45, 7) is 6.79. The molecule has 0 aliphatic carbocycles. The van der Waals surface area contributed by atoms with Gasteiger partial charge in [-0.05, 0) is 36.1 Å². The van der Waals surface area contributed by atoms with Crippen LogP contribution in [0.5, 0.6) is 5.75 Å². The van der Waals surface area contributed by atoms with Crippen LogP contribution in [0, 0.1) is 6.92 Å². The SMILES string of the molecule is COc1ccccc1CNC(=O)c1cncc(Nc2c(C)cccc2C(C)C)c1. The molecular formula is C24H27N3O2. The third-order valence-corrected chi connectivity index (χ3v) is 4.83. The van der Waals surface area contributed by atoms with Crippen molar-refractivity contribution in [2.45, 2.75) is 33.2 Å². The Hall–Kier alpha value is -3.34. The number of amides is 1. The Morgan fingerprint density at radius 1 is 1.10 bits per heavy atom. The molecule has 0 saturated carbocycles. The van der Waals surface area contributed by atoms with Crippen LogP contribution in [0.4, 0.5) is 11.4 Å². The van der Waals surface area contributed by atoms with E-state index in [0.29, 0.717) is 18.0 Å². The molecule has 5 nitrogen and oxygen atoms in total. The molecule has 5 heteroatoms. The Bertz CT molecular complexity index is 999.